The molecule has 0 aromatic heterocycles. The number of benzene rings is 3. The lowest BCUT2D eigenvalue weighted by Gasteiger charge is -2.22. The van der Waals surface area contributed by atoms with Crippen molar-refractivity contribution in [3.05, 3.63) is 65.7 Å². The predicted octanol–water partition coefficient (Wildman–Crippen LogP) is 3.41. The van der Waals surface area contributed by atoms with Gasteiger partial charge in [0, 0.05) is 0 Å². The molecule has 0 saturated heterocycles. The minimum absolute atomic E-state index is 0.794. The zero-order valence-corrected chi connectivity index (χ0v) is 10.8. The maximum Gasteiger partial charge on any atom is 0.109 e. The van der Waals surface area contributed by atoms with Crippen molar-refractivity contribution in [2.45, 2.75) is 12.2 Å². The Labute approximate surface area is 116 Å². The van der Waals surface area contributed by atoms with Gasteiger partial charge in [-0.2, -0.15) is 0 Å². The highest BCUT2D eigenvalue weighted by atomic mass is 16.3. The number of aliphatic hydroxyl groups excluding tert-OH is 2. The number of rotatable bonds is 0. The van der Waals surface area contributed by atoms with E-state index in [2.05, 4.69) is 30.3 Å². The van der Waals surface area contributed by atoms with Crippen LogP contribution in [0.1, 0.15) is 17.2 Å². The van der Waals surface area contributed by atoms with Crippen LogP contribution in [0.3, 0.4) is 0 Å². The van der Waals surface area contributed by atoms with Gasteiger partial charge in [0.25, 0.3) is 0 Å². The van der Waals surface area contributed by atoms with E-state index in [1.54, 1.807) is 6.08 Å². The van der Waals surface area contributed by atoms with Crippen LogP contribution in [0.25, 0.3) is 27.6 Å². The SMILES string of the molecule is OC1C=Cc2cc3c(ccc4ccccc43)cc2C1O. The number of aliphatic hydroxyl groups is 2. The lowest BCUT2D eigenvalue weighted by atomic mass is 9.89. The predicted molar refractivity (Wildman–Crippen MR) is 81.5 cm³/mol. The lowest BCUT2D eigenvalue weighted by Crippen LogP contribution is -2.19. The molecule has 20 heavy (non-hydrogen) atoms. The van der Waals surface area contributed by atoms with E-state index in [-0.39, 0.29) is 0 Å². The molecule has 0 radical (unpaired) electrons. The lowest BCUT2D eigenvalue weighted by molar-refractivity contribution is 0.0471. The van der Waals surface area contributed by atoms with Crippen LogP contribution in [0.15, 0.2) is 54.6 Å². The van der Waals surface area contributed by atoms with Gasteiger partial charge in [-0.1, -0.05) is 48.6 Å². The smallest absolute Gasteiger partial charge is 0.109 e. The minimum Gasteiger partial charge on any atom is -0.386 e. The molecule has 2 N–H and O–H groups in total. The summed E-state index contributed by atoms with van der Waals surface area (Å²) in [5.74, 6) is 0. The summed E-state index contributed by atoms with van der Waals surface area (Å²) >= 11 is 0. The van der Waals surface area contributed by atoms with Crippen LogP contribution < -0.4 is 0 Å². The standard InChI is InChI=1S/C18H14O2/c19-17-8-7-13-9-15-12(10-16(13)18(17)20)6-5-11-3-1-2-4-14(11)15/h1-10,17-20H. The molecular formula is C18H14O2. The molecule has 0 heterocycles. The van der Waals surface area contributed by atoms with Crippen LogP contribution in [0.2, 0.25) is 0 Å². The minimum atomic E-state index is -0.842. The fourth-order valence-corrected chi connectivity index (χ4v) is 2.98. The van der Waals surface area contributed by atoms with E-state index in [1.165, 1.54) is 16.2 Å². The second kappa shape index (κ2) is 4.17. The van der Waals surface area contributed by atoms with E-state index < -0.39 is 12.2 Å². The maximum atomic E-state index is 10.1. The van der Waals surface area contributed by atoms with Crippen LogP contribution in [0, 0.1) is 0 Å². The highest BCUT2D eigenvalue weighted by Gasteiger charge is 2.22. The van der Waals surface area contributed by atoms with Gasteiger partial charge in [-0.3, -0.25) is 0 Å². The number of hydrogen-bond acceptors (Lipinski definition) is 2. The first-order valence-electron chi connectivity index (χ1n) is 6.74. The summed E-state index contributed by atoms with van der Waals surface area (Å²) in [5.41, 5.74) is 1.77. The summed E-state index contributed by atoms with van der Waals surface area (Å²) in [5, 5.41) is 24.5. The van der Waals surface area contributed by atoms with Crippen molar-refractivity contribution in [3.63, 3.8) is 0 Å². The molecular weight excluding hydrogens is 248 g/mol. The normalized spacial score (nSPS) is 21.3. The van der Waals surface area contributed by atoms with Crippen molar-refractivity contribution in [2.75, 3.05) is 0 Å². The second-order valence-electron chi connectivity index (χ2n) is 5.28. The van der Waals surface area contributed by atoms with E-state index >= 15 is 0 Å². The molecule has 0 aliphatic heterocycles. The summed E-state index contributed by atoms with van der Waals surface area (Å²) in [7, 11) is 0. The first kappa shape index (κ1) is 11.6. The summed E-state index contributed by atoms with van der Waals surface area (Å²) in [6.45, 7) is 0. The van der Waals surface area contributed by atoms with Gasteiger partial charge in [0.1, 0.15) is 12.2 Å². The van der Waals surface area contributed by atoms with Crippen LogP contribution >= 0.6 is 0 Å². The molecule has 0 amide bonds. The Balaban J connectivity index is 2.09. The molecule has 0 fully saturated rings. The average molecular weight is 262 g/mol. The third-order valence-electron chi connectivity index (χ3n) is 4.06. The van der Waals surface area contributed by atoms with Crippen molar-refractivity contribution < 1.29 is 10.2 Å². The van der Waals surface area contributed by atoms with Crippen molar-refractivity contribution in [2.24, 2.45) is 0 Å². The molecule has 2 atom stereocenters. The van der Waals surface area contributed by atoms with Crippen molar-refractivity contribution in [3.8, 4) is 0 Å². The van der Waals surface area contributed by atoms with Crippen LogP contribution in [0.5, 0.6) is 0 Å². The molecule has 2 nitrogen and oxygen atoms in total. The van der Waals surface area contributed by atoms with Gasteiger partial charge in [0.05, 0.1) is 0 Å². The molecule has 0 spiro atoms. The van der Waals surface area contributed by atoms with Crippen LogP contribution in [0.4, 0.5) is 0 Å². The Hall–Kier alpha value is -2.16. The Kier molecular flexibility index (Phi) is 2.43. The molecule has 2 unspecified atom stereocenters. The molecule has 2 heteroatoms. The van der Waals surface area contributed by atoms with Gasteiger partial charge in [-0.25, -0.2) is 0 Å². The Morgan fingerprint density at radius 3 is 2.50 bits per heavy atom. The van der Waals surface area contributed by atoms with Gasteiger partial charge >= 0.3 is 0 Å². The Morgan fingerprint density at radius 1 is 0.800 bits per heavy atom. The van der Waals surface area contributed by atoms with Gasteiger partial charge in [0.2, 0.25) is 0 Å². The molecule has 0 saturated carbocycles. The fourth-order valence-electron chi connectivity index (χ4n) is 2.98. The van der Waals surface area contributed by atoms with E-state index in [0.717, 1.165) is 16.5 Å². The molecule has 3 aromatic carbocycles. The van der Waals surface area contributed by atoms with Crippen LogP contribution in [-0.2, 0) is 0 Å². The fraction of sp³-hybridized carbons (Fsp3) is 0.111. The zero-order valence-electron chi connectivity index (χ0n) is 10.8. The van der Waals surface area contributed by atoms with Crippen molar-refractivity contribution in [1.82, 2.24) is 0 Å². The summed E-state index contributed by atoms with van der Waals surface area (Å²) in [6, 6.07) is 16.5. The highest BCUT2D eigenvalue weighted by Crippen LogP contribution is 2.34. The summed E-state index contributed by atoms with van der Waals surface area (Å²) in [4.78, 5) is 0. The molecule has 0 bridgehead atoms. The number of hydrogen-bond donors (Lipinski definition) is 2. The van der Waals surface area contributed by atoms with E-state index in [1.807, 2.05) is 24.3 Å². The Bertz CT molecular complexity index is 849. The monoisotopic (exact) mass is 262 g/mol. The zero-order chi connectivity index (χ0) is 13.7. The van der Waals surface area contributed by atoms with Gasteiger partial charge in [-0.05, 0) is 44.8 Å². The molecule has 1 aliphatic carbocycles. The molecule has 98 valence electrons. The largest absolute Gasteiger partial charge is 0.386 e. The van der Waals surface area contributed by atoms with Crippen LogP contribution in [-0.4, -0.2) is 16.3 Å². The summed E-state index contributed by atoms with van der Waals surface area (Å²) < 4.78 is 0. The van der Waals surface area contributed by atoms with Crippen molar-refractivity contribution >= 4 is 27.6 Å². The second-order valence-corrected chi connectivity index (χ2v) is 5.28. The maximum absolute atomic E-state index is 10.1. The van der Waals surface area contributed by atoms with E-state index in [4.69, 9.17) is 0 Å². The number of fused-ring (bicyclic) bond motifs is 4. The van der Waals surface area contributed by atoms with E-state index in [9.17, 15) is 10.2 Å². The quantitative estimate of drug-likeness (QED) is 0.609. The first-order valence-corrected chi connectivity index (χ1v) is 6.74. The van der Waals surface area contributed by atoms with Gasteiger partial charge < -0.3 is 10.2 Å². The summed E-state index contributed by atoms with van der Waals surface area (Å²) in [6.07, 6.45) is 1.86. The van der Waals surface area contributed by atoms with Gasteiger partial charge in [-0.15, -0.1) is 0 Å². The molecule has 3 aromatic rings. The highest BCUT2D eigenvalue weighted by molar-refractivity contribution is 6.08. The van der Waals surface area contributed by atoms with E-state index in [0.29, 0.717) is 0 Å². The Morgan fingerprint density at radius 2 is 1.60 bits per heavy atom. The molecule has 4 rings (SSSR count). The topological polar surface area (TPSA) is 40.5 Å². The van der Waals surface area contributed by atoms with Gasteiger partial charge in [0.15, 0.2) is 0 Å². The first-order chi connectivity index (χ1) is 9.74. The van der Waals surface area contributed by atoms with Crippen molar-refractivity contribution in [1.29, 1.82) is 0 Å². The third kappa shape index (κ3) is 1.59. The average Bonchev–Trinajstić information content (AvgIpc) is 2.50. The molecule has 1 aliphatic rings. The third-order valence-corrected chi connectivity index (χ3v) is 4.06.